The Morgan fingerprint density at radius 1 is 0.857 bits per heavy atom. The molecule has 0 fully saturated rings. The average molecular weight is 393 g/mol. The van der Waals surface area contributed by atoms with Crippen molar-refractivity contribution in [2.75, 3.05) is 4.72 Å². The second-order valence-corrected chi connectivity index (χ2v) is 7.65. The maximum atomic E-state index is 12.8. The Bertz CT molecular complexity index is 1280. The van der Waals surface area contributed by atoms with Gasteiger partial charge >= 0.3 is 0 Å². The van der Waals surface area contributed by atoms with E-state index in [9.17, 15) is 13.2 Å². The van der Waals surface area contributed by atoms with Crippen molar-refractivity contribution in [1.29, 1.82) is 0 Å². The zero-order valence-corrected chi connectivity index (χ0v) is 15.3. The van der Waals surface area contributed by atoms with Gasteiger partial charge in [0, 0.05) is 12.1 Å². The van der Waals surface area contributed by atoms with E-state index < -0.39 is 10.0 Å². The van der Waals surface area contributed by atoms with Gasteiger partial charge in [0.25, 0.3) is 10.0 Å². The quantitative estimate of drug-likeness (QED) is 0.544. The molecule has 4 aromatic rings. The Morgan fingerprint density at radius 3 is 2.25 bits per heavy atom. The molecule has 0 saturated carbocycles. The van der Waals surface area contributed by atoms with E-state index in [1.54, 1.807) is 42.5 Å². The van der Waals surface area contributed by atoms with Crippen molar-refractivity contribution in [3.8, 4) is 11.5 Å². The van der Waals surface area contributed by atoms with Crippen LogP contribution in [0.1, 0.15) is 0 Å². The fourth-order valence-electron chi connectivity index (χ4n) is 2.69. The lowest BCUT2D eigenvalue weighted by Crippen LogP contribution is -2.13. The molecule has 0 saturated heterocycles. The van der Waals surface area contributed by atoms with E-state index in [-0.39, 0.29) is 32.7 Å². The van der Waals surface area contributed by atoms with Gasteiger partial charge in [-0.15, -0.1) is 0 Å². The molecule has 0 unspecified atom stereocenters. The molecule has 0 amide bonds. The number of hydrogen-bond acceptors (Lipinski definition) is 5. The summed E-state index contributed by atoms with van der Waals surface area (Å²) in [4.78, 5) is 12.3. The molecule has 3 aromatic carbocycles. The van der Waals surface area contributed by atoms with Crippen molar-refractivity contribution >= 4 is 26.7 Å². The lowest BCUT2D eigenvalue weighted by molar-refractivity contribution is 0.485. The molecular formula is C21H15NO5S. The van der Waals surface area contributed by atoms with Crippen LogP contribution in [-0.2, 0) is 10.0 Å². The standard InChI is InChI=1S/C21H15NO5S/c23-19-11-12-26-20-14-18(22-28(24,25)16-9-5-2-6-10-16)21(13-17(19)20)27-15-7-3-1-4-8-15/h1-14,22H. The summed E-state index contributed by atoms with van der Waals surface area (Å²) in [6, 6.07) is 21.0. The third-order valence-corrected chi connectivity index (χ3v) is 5.41. The molecule has 0 aliphatic heterocycles. The first kappa shape index (κ1) is 17.8. The van der Waals surface area contributed by atoms with Gasteiger partial charge in [0.05, 0.1) is 22.2 Å². The second kappa shape index (κ2) is 7.21. The van der Waals surface area contributed by atoms with Crippen molar-refractivity contribution in [2.45, 2.75) is 4.90 Å². The van der Waals surface area contributed by atoms with Gasteiger partial charge in [-0.2, -0.15) is 0 Å². The predicted octanol–water partition coefficient (Wildman–Crippen LogP) is 4.39. The van der Waals surface area contributed by atoms with Crippen LogP contribution < -0.4 is 14.9 Å². The fraction of sp³-hybridized carbons (Fsp3) is 0. The molecule has 1 N–H and O–H groups in total. The predicted molar refractivity (Wildman–Crippen MR) is 106 cm³/mol. The molecule has 4 rings (SSSR count). The number of benzene rings is 3. The topological polar surface area (TPSA) is 85.6 Å². The van der Waals surface area contributed by atoms with Crippen LogP contribution in [0.4, 0.5) is 5.69 Å². The van der Waals surface area contributed by atoms with Crippen LogP contribution in [0.5, 0.6) is 11.5 Å². The maximum absolute atomic E-state index is 12.8. The molecular weight excluding hydrogens is 378 g/mol. The average Bonchev–Trinajstić information content (AvgIpc) is 2.70. The van der Waals surface area contributed by atoms with Crippen LogP contribution in [0, 0.1) is 0 Å². The summed E-state index contributed by atoms with van der Waals surface area (Å²) in [6.45, 7) is 0. The van der Waals surface area contributed by atoms with Gasteiger partial charge in [0.15, 0.2) is 11.2 Å². The number of fused-ring (bicyclic) bond motifs is 1. The summed E-state index contributed by atoms with van der Waals surface area (Å²) in [5.74, 6) is 0.694. The van der Waals surface area contributed by atoms with Gasteiger partial charge < -0.3 is 9.15 Å². The molecule has 0 aliphatic carbocycles. The Labute approximate surface area is 161 Å². The van der Waals surface area contributed by atoms with Crippen molar-refractivity contribution < 1.29 is 17.6 Å². The van der Waals surface area contributed by atoms with E-state index in [1.807, 2.05) is 6.07 Å². The van der Waals surface area contributed by atoms with Crippen LogP contribution in [0.15, 0.2) is 99.2 Å². The van der Waals surface area contributed by atoms with Crippen LogP contribution in [0.3, 0.4) is 0 Å². The molecule has 140 valence electrons. The van der Waals surface area contributed by atoms with Crippen LogP contribution in [-0.4, -0.2) is 8.42 Å². The molecule has 1 heterocycles. The van der Waals surface area contributed by atoms with Crippen LogP contribution in [0.25, 0.3) is 11.0 Å². The highest BCUT2D eigenvalue weighted by Gasteiger charge is 2.18. The Morgan fingerprint density at radius 2 is 1.54 bits per heavy atom. The van der Waals surface area contributed by atoms with Crippen molar-refractivity contribution in [3.63, 3.8) is 0 Å². The van der Waals surface area contributed by atoms with Crippen LogP contribution >= 0.6 is 0 Å². The summed E-state index contributed by atoms with van der Waals surface area (Å²) in [6.07, 6.45) is 1.26. The minimum absolute atomic E-state index is 0.107. The molecule has 0 radical (unpaired) electrons. The summed E-state index contributed by atoms with van der Waals surface area (Å²) in [5.41, 5.74) is 0.157. The monoisotopic (exact) mass is 393 g/mol. The molecule has 7 heteroatoms. The lowest BCUT2D eigenvalue weighted by Gasteiger charge is -2.14. The minimum Gasteiger partial charge on any atom is -0.464 e. The number of anilines is 1. The number of para-hydroxylation sites is 1. The third-order valence-electron chi connectivity index (χ3n) is 4.03. The van der Waals surface area contributed by atoms with Gasteiger partial charge in [0.1, 0.15) is 11.3 Å². The van der Waals surface area contributed by atoms with Gasteiger partial charge in [-0.25, -0.2) is 8.42 Å². The molecule has 0 aliphatic rings. The van der Waals surface area contributed by atoms with E-state index in [1.165, 1.54) is 36.6 Å². The largest absolute Gasteiger partial charge is 0.464 e. The third kappa shape index (κ3) is 3.60. The zero-order chi connectivity index (χ0) is 19.6. The first-order chi connectivity index (χ1) is 13.5. The lowest BCUT2D eigenvalue weighted by atomic mass is 10.2. The summed E-state index contributed by atoms with van der Waals surface area (Å²) in [7, 11) is -3.86. The molecule has 28 heavy (non-hydrogen) atoms. The first-order valence-electron chi connectivity index (χ1n) is 8.39. The molecule has 0 spiro atoms. The maximum Gasteiger partial charge on any atom is 0.262 e. The Kier molecular flexibility index (Phi) is 4.58. The molecule has 0 bridgehead atoms. The fourth-order valence-corrected chi connectivity index (χ4v) is 3.77. The van der Waals surface area contributed by atoms with E-state index in [0.29, 0.717) is 5.75 Å². The van der Waals surface area contributed by atoms with Crippen LogP contribution in [0.2, 0.25) is 0 Å². The smallest absolute Gasteiger partial charge is 0.262 e. The summed E-state index contributed by atoms with van der Waals surface area (Å²) in [5, 5.41) is 0.288. The highest BCUT2D eigenvalue weighted by atomic mass is 32.2. The number of hydrogen-bond donors (Lipinski definition) is 1. The summed E-state index contributed by atoms with van der Waals surface area (Å²) >= 11 is 0. The van der Waals surface area contributed by atoms with Crippen molar-refractivity contribution in [2.24, 2.45) is 0 Å². The Hall–Kier alpha value is -3.58. The number of rotatable bonds is 5. The molecule has 0 atom stereocenters. The second-order valence-electron chi connectivity index (χ2n) is 5.96. The normalized spacial score (nSPS) is 11.3. The van der Waals surface area contributed by atoms with E-state index in [2.05, 4.69) is 4.72 Å². The highest BCUT2D eigenvalue weighted by molar-refractivity contribution is 7.92. The van der Waals surface area contributed by atoms with Crippen molar-refractivity contribution in [1.82, 2.24) is 0 Å². The first-order valence-corrected chi connectivity index (χ1v) is 9.88. The molecule has 1 aromatic heterocycles. The number of nitrogens with one attached hydrogen (secondary N) is 1. The number of sulfonamides is 1. The summed E-state index contributed by atoms with van der Waals surface area (Å²) < 4.78 is 39.2. The van der Waals surface area contributed by atoms with Crippen molar-refractivity contribution in [3.05, 3.63) is 95.3 Å². The van der Waals surface area contributed by atoms with Gasteiger partial charge in [-0.1, -0.05) is 36.4 Å². The SMILES string of the molecule is O=c1ccoc2cc(NS(=O)(=O)c3ccccc3)c(Oc3ccccc3)cc12. The minimum atomic E-state index is -3.86. The highest BCUT2D eigenvalue weighted by Crippen LogP contribution is 2.34. The van der Waals surface area contributed by atoms with E-state index in [0.717, 1.165) is 0 Å². The van der Waals surface area contributed by atoms with Gasteiger partial charge in [-0.3, -0.25) is 9.52 Å². The number of ether oxygens (including phenoxy) is 1. The van der Waals surface area contributed by atoms with E-state index >= 15 is 0 Å². The van der Waals surface area contributed by atoms with E-state index in [4.69, 9.17) is 9.15 Å². The Balaban J connectivity index is 1.83. The van der Waals surface area contributed by atoms with Gasteiger partial charge in [-0.05, 0) is 30.3 Å². The molecule has 6 nitrogen and oxygen atoms in total. The van der Waals surface area contributed by atoms with Gasteiger partial charge in [0.2, 0.25) is 0 Å². The zero-order valence-electron chi connectivity index (χ0n) is 14.5.